The van der Waals surface area contributed by atoms with Crippen molar-refractivity contribution < 1.29 is 23.1 Å². The van der Waals surface area contributed by atoms with Gasteiger partial charge in [0.25, 0.3) is 5.69 Å². The topological polar surface area (TPSA) is 86.5 Å². The maximum atomic E-state index is 13.4. The van der Waals surface area contributed by atoms with Crippen LogP contribution in [0, 0.1) is 15.9 Å². The highest BCUT2D eigenvalue weighted by Gasteiger charge is 2.22. The van der Waals surface area contributed by atoms with Gasteiger partial charge in [-0.05, 0) is 26.8 Å². The zero-order valence-corrected chi connectivity index (χ0v) is 13.6. The fourth-order valence-corrected chi connectivity index (χ4v) is 1.12. The Hall–Kier alpha value is -1.25. The summed E-state index contributed by atoms with van der Waals surface area (Å²) in [4.78, 5) is 21.2. The zero-order chi connectivity index (χ0) is 16.8. The number of hydrogen-bond donors (Lipinski definition) is 0. The van der Waals surface area contributed by atoms with Crippen LogP contribution in [0.1, 0.15) is 31.1 Å². The number of non-ortho nitro benzene ring substituents is 1. The van der Waals surface area contributed by atoms with Crippen molar-refractivity contribution in [1.82, 2.24) is 0 Å². The molecule has 10 heteroatoms. The van der Waals surface area contributed by atoms with Gasteiger partial charge in [0.2, 0.25) is 9.23 Å². The molecule has 0 amide bonds. The van der Waals surface area contributed by atoms with Gasteiger partial charge in [0.15, 0.2) is 0 Å². The maximum Gasteiger partial charge on any atom is 0.341 e. The first kappa shape index (κ1) is 19.8. The van der Waals surface area contributed by atoms with E-state index in [2.05, 4.69) is 21.4 Å². The third-order valence-electron chi connectivity index (χ3n) is 1.78. The van der Waals surface area contributed by atoms with Crippen LogP contribution in [0.3, 0.4) is 0 Å². The molecule has 0 aliphatic heterocycles. The van der Waals surface area contributed by atoms with E-state index in [-0.39, 0.29) is 5.56 Å². The summed E-state index contributed by atoms with van der Waals surface area (Å²) in [7, 11) is 7.36. The molecule has 118 valence electrons. The predicted molar refractivity (Wildman–Crippen MR) is 78.1 cm³/mol. The molecule has 0 radical (unpaired) electrons. The molecular weight excluding hydrogens is 348 g/mol. The first-order chi connectivity index (χ1) is 9.44. The molecule has 6 nitrogen and oxygen atoms in total. The van der Waals surface area contributed by atoms with Gasteiger partial charge in [-0.2, -0.15) is 0 Å². The monoisotopic (exact) mass is 359 g/mol. The molecule has 0 aliphatic rings. The number of nitro benzene ring substituents is 1. The average Bonchev–Trinajstić information content (AvgIpc) is 2.25. The van der Waals surface area contributed by atoms with Gasteiger partial charge in [-0.15, -0.1) is 0 Å². The summed E-state index contributed by atoms with van der Waals surface area (Å²) in [6.45, 7) is 4.94. The van der Waals surface area contributed by atoms with Gasteiger partial charge in [-0.3, -0.25) is 10.1 Å². The second-order valence-corrected chi connectivity index (χ2v) is 7.13. The van der Waals surface area contributed by atoms with Crippen LogP contribution in [0.25, 0.3) is 0 Å². The largest absolute Gasteiger partial charge is 0.456 e. The molecule has 0 aliphatic carbocycles. The van der Waals surface area contributed by atoms with E-state index < -0.39 is 37.2 Å². The molecule has 0 saturated heterocycles. The Bertz CT molecular complexity index is 558. The van der Waals surface area contributed by atoms with Crippen molar-refractivity contribution in [2.45, 2.75) is 26.4 Å². The number of halogens is 3. The van der Waals surface area contributed by atoms with Gasteiger partial charge in [0.05, 0.1) is 16.6 Å². The molecule has 1 rings (SSSR count). The summed E-state index contributed by atoms with van der Waals surface area (Å²) in [5.41, 5.74) is -1.47. The zero-order valence-electron chi connectivity index (χ0n) is 11.3. The van der Waals surface area contributed by atoms with Gasteiger partial charge in [-0.25, -0.2) is 13.4 Å². The fraction of sp³-hybridized carbons (Fsp3) is 0.364. The molecule has 21 heavy (non-hydrogen) atoms. The van der Waals surface area contributed by atoms with E-state index >= 15 is 0 Å². The van der Waals surface area contributed by atoms with E-state index in [9.17, 15) is 19.3 Å². The number of carbonyl (C=O) groups excluding carboxylic acids is 1. The molecule has 0 fully saturated rings. The SMILES string of the molecule is CC(C)(C)OC(=O)c1ccc([N+](=O)[O-])cc1F.O=S(Cl)Cl. The van der Waals surface area contributed by atoms with Crippen molar-refractivity contribution in [2.24, 2.45) is 0 Å². The molecule has 0 bridgehead atoms. The lowest BCUT2D eigenvalue weighted by Crippen LogP contribution is -2.24. The summed E-state index contributed by atoms with van der Waals surface area (Å²) in [6.07, 6.45) is 0. The summed E-state index contributed by atoms with van der Waals surface area (Å²) >= 11 is 0. The van der Waals surface area contributed by atoms with Crippen molar-refractivity contribution in [3.05, 3.63) is 39.7 Å². The number of nitrogens with zero attached hydrogens (tertiary/aromatic N) is 1. The Morgan fingerprint density at radius 1 is 1.38 bits per heavy atom. The number of benzene rings is 1. The van der Waals surface area contributed by atoms with Crippen molar-refractivity contribution in [1.29, 1.82) is 0 Å². The minimum atomic E-state index is -1.67. The predicted octanol–water partition coefficient (Wildman–Crippen LogP) is 3.73. The molecule has 1 aromatic rings. The molecule has 0 unspecified atom stereocenters. The third-order valence-corrected chi connectivity index (χ3v) is 1.78. The Morgan fingerprint density at radius 2 is 1.86 bits per heavy atom. The lowest BCUT2D eigenvalue weighted by Gasteiger charge is -2.19. The number of carbonyl (C=O) groups is 1. The number of nitro groups is 1. The molecule has 1 aromatic carbocycles. The normalized spacial score (nSPS) is 10.6. The van der Waals surface area contributed by atoms with E-state index in [1.165, 1.54) is 0 Å². The van der Waals surface area contributed by atoms with Gasteiger partial charge in [0.1, 0.15) is 11.4 Å². The summed E-state index contributed by atoms with van der Waals surface area (Å²) in [6, 6.07) is 2.79. The van der Waals surface area contributed by atoms with E-state index in [1.54, 1.807) is 20.8 Å². The maximum absolute atomic E-state index is 13.4. The summed E-state index contributed by atoms with van der Waals surface area (Å²) in [5, 5.41) is 10.4. The van der Waals surface area contributed by atoms with E-state index in [0.717, 1.165) is 12.1 Å². The summed E-state index contributed by atoms with van der Waals surface area (Å²) < 4.78 is 27.5. The van der Waals surface area contributed by atoms with Crippen LogP contribution < -0.4 is 0 Å². The molecule has 0 saturated carbocycles. The van der Waals surface area contributed by atoms with Crippen LogP contribution in [0.2, 0.25) is 0 Å². The highest BCUT2D eigenvalue weighted by atomic mass is 36.0. The molecule has 0 aromatic heterocycles. The van der Waals surface area contributed by atoms with Gasteiger partial charge < -0.3 is 4.74 Å². The highest BCUT2D eigenvalue weighted by molar-refractivity contribution is 8.26. The van der Waals surface area contributed by atoms with Crippen LogP contribution in [-0.2, 0) is 14.0 Å². The van der Waals surface area contributed by atoms with E-state index in [0.29, 0.717) is 6.07 Å². The van der Waals surface area contributed by atoms with Gasteiger partial charge in [0, 0.05) is 27.4 Å². The standard InChI is InChI=1S/C11H12FNO4.Cl2OS/c1-11(2,3)17-10(14)8-5-4-7(13(15)16)6-9(8)12;1-4(2)3/h4-6H,1-3H3;. The summed E-state index contributed by atoms with van der Waals surface area (Å²) in [5.74, 6) is -1.81. The van der Waals surface area contributed by atoms with Gasteiger partial charge in [-0.1, -0.05) is 0 Å². The van der Waals surface area contributed by atoms with Crippen LogP contribution in [-0.4, -0.2) is 20.7 Å². The Morgan fingerprint density at radius 3 is 2.19 bits per heavy atom. The fourth-order valence-electron chi connectivity index (χ4n) is 1.12. The Kier molecular flexibility index (Phi) is 7.76. The molecule has 0 N–H and O–H groups in total. The van der Waals surface area contributed by atoms with Crippen molar-refractivity contribution in [3.8, 4) is 0 Å². The molecule has 0 atom stereocenters. The van der Waals surface area contributed by atoms with E-state index in [4.69, 9.17) is 8.95 Å². The minimum absolute atomic E-state index is 0.314. The van der Waals surface area contributed by atoms with Crippen molar-refractivity contribution in [3.63, 3.8) is 0 Å². The number of ether oxygens (including phenoxy) is 1. The molecular formula is C11H12Cl2FNO5S. The first-order valence-corrected chi connectivity index (χ1v) is 8.16. The second kappa shape index (κ2) is 8.26. The van der Waals surface area contributed by atoms with Crippen LogP contribution in [0.4, 0.5) is 10.1 Å². The highest BCUT2D eigenvalue weighted by Crippen LogP contribution is 2.19. The minimum Gasteiger partial charge on any atom is -0.456 e. The lowest BCUT2D eigenvalue weighted by atomic mass is 10.1. The Balaban J connectivity index is 0.000000885. The van der Waals surface area contributed by atoms with Crippen molar-refractivity contribution >= 4 is 42.2 Å². The van der Waals surface area contributed by atoms with Crippen LogP contribution >= 0.6 is 21.4 Å². The third kappa shape index (κ3) is 8.59. The van der Waals surface area contributed by atoms with Crippen molar-refractivity contribution in [2.75, 3.05) is 0 Å². The number of esters is 1. The second-order valence-electron chi connectivity index (χ2n) is 4.61. The smallest absolute Gasteiger partial charge is 0.341 e. The van der Waals surface area contributed by atoms with Gasteiger partial charge >= 0.3 is 5.97 Å². The number of hydrogen-bond acceptors (Lipinski definition) is 5. The first-order valence-electron chi connectivity index (χ1n) is 5.35. The van der Waals surface area contributed by atoms with Crippen LogP contribution in [0.15, 0.2) is 18.2 Å². The number of rotatable bonds is 2. The lowest BCUT2D eigenvalue weighted by molar-refractivity contribution is -0.385. The molecule has 0 spiro atoms. The molecule has 0 heterocycles. The van der Waals surface area contributed by atoms with Crippen LogP contribution in [0.5, 0.6) is 0 Å². The quantitative estimate of drug-likeness (QED) is 0.347. The average molecular weight is 360 g/mol. The Labute approximate surface area is 131 Å². The van der Waals surface area contributed by atoms with E-state index in [1.807, 2.05) is 0 Å².